The van der Waals surface area contributed by atoms with Crippen molar-refractivity contribution < 1.29 is 4.42 Å². The number of benzene rings is 1. The molecule has 0 aliphatic rings. The second-order valence-corrected chi connectivity index (χ2v) is 3.38. The van der Waals surface area contributed by atoms with Gasteiger partial charge in [-0.2, -0.15) is 4.98 Å². The summed E-state index contributed by atoms with van der Waals surface area (Å²) in [5, 5.41) is 0. The van der Waals surface area contributed by atoms with Crippen LogP contribution < -0.4 is 5.76 Å². The predicted molar refractivity (Wildman–Crippen MR) is 57.7 cm³/mol. The second-order valence-electron chi connectivity index (χ2n) is 3.38. The fourth-order valence-corrected chi connectivity index (χ4v) is 1.45. The summed E-state index contributed by atoms with van der Waals surface area (Å²) in [5.74, 6) is 0.0748. The van der Waals surface area contributed by atoms with Crippen LogP contribution in [0.1, 0.15) is 11.3 Å². The van der Waals surface area contributed by atoms with E-state index in [1.54, 1.807) is 6.92 Å². The van der Waals surface area contributed by atoms with Crippen LogP contribution in [0.4, 0.5) is 0 Å². The van der Waals surface area contributed by atoms with E-state index in [1.165, 1.54) is 0 Å². The number of nitrogens with zero attached hydrogens (tertiary/aromatic N) is 1. The first-order valence-electron chi connectivity index (χ1n) is 4.72. The standard InChI is InChI=1S/C12H11NO2/c1-8-9(2)15-12(14)13-11(8)10-6-4-3-5-7-10/h3-7H,1-2H3. The molecule has 76 valence electrons. The third-order valence-corrected chi connectivity index (χ3v) is 2.37. The van der Waals surface area contributed by atoms with Gasteiger partial charge in [-0.1, -0.05) is 30.3 Å². The summed E-state index contributed by atoms with van der Waals surface area (Å²) in [6.07, 6.45) is 0. The Labute approximate surface area is 87.4 Å². The van der Waals surface area contributed by atoms with E-state index in [4.69, 9.17) is 4.42 Å². The minimum atomic E-state index is -0.544. The lowest BCUT2D eigenvalue weighted by Crippen LogP contribution is -2.08. The van der Waals surface area contributed by atoms with E-state index >= 15 is 0 Å². The summed E-state index contributed by atoms with van der Waals surface area (Å²) in [5.41, 5.74) is 2.54. The average Bonchev–Trinajstić information content (AvgIpc) is 2.24. The van der Waals surface area contributed by atoms with Gasteiger partial charge in [-0.15, -0.1) is 0 Å². The molecule has 0 saturated heterocycles. The zero-order valence-corrected chi connectivity index (χ0v) is 8.65. The van der Waals surface area contributed by atoms with Crippen LogP contribution in [0.2, 0.25) is 0 Å². The first kappa shape index (κ1) is 9.65. The molecule has 0 fully saturated rings. The third-order valence-electron chi connectivity index (χ3n) is 2.37. The van der Waals surface area contributed by atoms with Crippen LogP contribution in [-0.4, -0.2) is 4.98 Å². The Morgan fingerprint density at radius 3 is 2.47 bits per heavy atom. The van der Waals surface area contributed by atoms with Gasteiger partial charge in [0, 0.05) is 11.1 Å². The van der Waals surface area contributed by atoms with Crippen LogP contribution in [0.3, 0.4) is 0 Å². The summed E-state index contributed by atoms with van der Waals surface area (Å²) < 4.78 is 4.90. The molecule has 3 nitrogen and oxygen atoms in total. The van der Waals surface area contributed by atoms with Crippen molar-refractivity contribution in [1.29, 1.82) is 0 Å². The van der Waals surface area contributed by atoms with Gasteiger partial charge in [0.05, 0.1) is 5.69 Å². The molecular weight excluding hydrogens is 190 g/mol. The van der Waals surface area contributed by atoms with Crippen LogP contribution in [0.25, 0.3) is 11.3 Å². The Morgan fingerprint density at radius 1 is 1.13 bits per heavy atom. The molecule has 1 heterocycles. The monoisotopic (exact) mass is 201 g/mol. The first-order chi connectivity index (χ1) is 7.18. The molecule has 1 aromatic heterocycles. The number of rotatable bonds is 1. The number of aromatic nitrogens is 1. The van der Waals surface area contributed by atoms with Crippen molar-refractivity contribution in [3.05, 3.63) is 52.2 Å². The zero-order chi connectivity index (χ0) is 10.8. The number of hydrogen-bond acceptors (Lipinski definition) is 3. The van der Waals surface area contributed by atoms with Crippen molar-refractivity contribution in [3.63, 3.8) is 0 Å². The highest BCUT2D eigenvalue weighted by Crippen LogP contribution is 2.20. The molecule has 3 heteroatoms. The van der Waals surface area contributed by atoms with E-state index in [9.17, 15) is 4.79 Å². The summed E-state index contributed by atoms with van der Waals surface area (Å²) >= 11 is 0. The Bertz CT molecular complexity index is 529. The first-order valence-corrected chi connectivity index (χ1v) is 4.72. The lowest BCUT2D eigenvalue weighted by Gasteiger charge is -2.04. The Balaban J connectivity index is 2.68. The van der Waals surface area contributed by atoms with E-state index in [2.05, 4.69) is 4.98 Å². The molecule has 2 rings (SSSR count). The Morgan fingerprint density at radius 2 is 1.80 bits per heavy atom. The molecule has 1 aromatic carbocycles. The van der Waals surface area contributed by atoms with Crippen molar-refractivity contribution in [2.24, 2.45) is 0 Å². The smallest absolute Gasteiger partial charge is 0.413 e. The van der Waals surface area contributed by atoms with Crippen molar-refractivity contribution in [2.75, 3.05) is 0 Å². The molecule has 0 radical (unpaired) electrons. The van der Waals surface area contributed by atoms with Gasteiger partial charge >= 0.3 is 5.76 Å². The third kappa shape index (κ3) is 1.81. The van der Waals surface area contributed by atoms with Gasteiger partial charge < -0.3 is 4.42 Å². The average molecular weight is 201 g/mol. The van der Waals surface area contributed by atoms with Gasteiger partial charge in [-0.3, -0.25) is 0 Å². The van der Waals surface area contributed by atoms with E-state index in [-0.39, 0.29) is 0 Å². The minimum Gasteiger partial charge on any atom is -0.413 e. The molecule has 0 unspecified atom stereocenters. The lowest BCUT2D eigenvalue weighted by molar-refractivity contribution is 0.452. The lowest BCUT2D eigenvalue weighted by atomic mass is 10.1. The van der Waals surface area contributed by atoms with Gasteiger partial charge in [0.1, 0.15) is 5.76 Å². The van der Waals surface area contributed by atoms with E-state index in [0.29, 0.717) is 11.5 Å². The van der Waals surface area contributed by atoms with Crippen LogP contribution in [-0.2, 0) is 0 Å². The molecule has 0 amide bonds. The van der Waals surface area contributed by atoms with E-state index in [1.807, 2.05) is 37.3 Å². The van der Waals surface area contributed by atoms with Gasteiger partial charge in [0.15, 0.2) is 0 Å². The van der Waals surface area contributed by atoms with Crippen molar-refractivity contribution in [3.8, 4) is 11.3 Å². The van der Waals surface area contributed by atoms with Crippen LogP contribution in [0.15, 0.2) is 39.5 Å². The molecule has 0 bridgehead atoms. The molecule has 0 atom stereocenters. The Kier molecular flexibility index (Phi) is 2.37. The van der Waals surface area contributed by atoms with Gasteiger partial charge in [0.2, 0.25) is 0 Å². The largest absolute Gasteiger partial charge is 0.439 e. The summed E-state index contributed by atoms with van der Waals surface area (Å²) in [4.78, 5) is 15.0. The highest BCUT2D eigenvalue weighted by atomic mass is 16.4. The van der Waals surface area contributed by atoms with Crippen molar-refractivity contribution >= 4 is 0 Å². The summed E-state index contributed by atoms with van der Waals surface area (Å²) in [6, 6.07) is 9.61. The molecule has 0 aliphatic carbocycles. The van der Waals surface area contributed by atoms with Gasteiger partial charge in [-0.05, 0) is 13.8 Å². The molecule has 0 spiro atoms. The zero-order valence-electron chi connectivity index (χ0n) is 8.65. The van der Waals surface area contributed by atoms with E-state index in [0.717, 1.165) is 11.1 Å². The number of aryl methyl sites for hydroxylation is 1. The molecule has 2 aromatic rings. The van der Waals surface area contributed by atoms with Crippen LogP contribution >= 0.6 is 0 Å². The minimum absolute atomic E-state index is 0.544. The van der Waals surface area contributed by atoms with E-state index < -0.39 is 5.76 Å². The quantitative estimate of drug-likeness (QED) is 0.711. The van der Waals surface area contributed by atoms with Crippen molar-refractivity contribution in [1.82, 2.24) is 4.98 Å². The highest BCUT2D eigenvalue weighted by molar-refractivity contribution is 5.62. The molecule has 15 heavy (non-hydrogen) atoms. The van der Waals surface area contributed by atoms with Gasteiger partial charge in [-0.25, -0.2) is 4.79 Å². The number of hydrogen-bond donors (Lipinski definition) is 0. The maximum atomic E-state index is 11.2. The predicted octanol–water partition coefficient (Wildman–Crippen LogP) is 2.32. The molecular formula is C12H11NO2. The Hall–Kier alpha value is -1.90. The fourth-order valence-electron chi connectivity index (χ4n) is 1.45. The maximum Gasteiger partial charge on any atom is 0.439 e. The topological polar surface area (TPSA) is 43.1 Å². The maximum absolute atomic E-state index is 11.2. The molecule has 0 aliphatic heterocycles. The van der Waals surface area contributed by atoms with Crippen LogP contribution in [0.5, 0.6) is 0 Å². The second kappa shape index (κ2) is 3.69. The summed E-state index contributed by atoms with van der Waals surface area (Å²) in [6.45, 7) is 3.67. The van der Waals surface area contributed by atoms with Crippen LogP contribution in [0, 0.1) is 13.8 Å². The normalized spacial score (nSPS) is 10.3. The molecule has 0 N–H and O–H groups in total. The molecule has 0 saturated carbocycles. The van der Waals surface area contributed by atoms with Gasteiger partial charge in [0.25, 0.3) is 0 Å². The fraction of sp³-hybridized carbons (Fsp3) is 0.167. The summed E-state index contributed by atoms with van der Waals surface area (Å²) in [7, 11) is 0. The highest BCUT2D eigenvalue weighted by Gasteiger charge is 2.08. The SMILES string of the molecule is Cc1oc(=O)nc(-c2ccccc2)c1C. The van der Waals surface area contributed by atoms with Crippen molar-refractivity contribution in [2.45, 2.75) is 13.8 Å².